The predicted molar refractivity (Wildman–Crippen MR) is 40.3 cm³/mol. The minimum Gasteiger partial charge on any atom is -0.459 e. The molecule has 0 aliphatic rings. The largest absolute Gasteiger partial charge is 0.459 e. The summed E-state index contributed by atoms with van der Waals surface area (Å²) in [5, 5.41) is 1.47. The lowest BCUT2D eigenvalue weighted by Gasteiger charge is -2.16. The van der Waals surface area contributed by atoms with E-state index in [1.165, 1.54) is 12.2 Å². The number of alkyl halides is 3. The Morgan fingerprint density at radius 1 is 1.43 bits per heavy atom. The van der Waals surface area contributed by atoms with Gasteiger partial charge in [-0.15, -0.1) is 0 Å². The van der Waals surface area contributed by atoms with E-state index in [0.29, 0.717) is 0 Å². The lowest BCUT2D eigenvalue weighted by molar-refractivity contribution is -0.165. The molecule has 0 radical (unpaired) electrons. The second kappa shape index (κ2) is 4.83. The summed E-state index contributed by atoms with van der Waals surface area (Å²) in [6, 6.07) is -2.07. The molecule has 1 N–H and O–H groups in total. The predicted octanol–water partition coefficient (Wildman–Crippen LogP) is 0.616. The molecule has 0 aromatic heterocycles. The number of carbonyl (C=O) groups is 2. The topological polar surface area (TPSA) is 55.4 Å². The first-order valence-corrected chi connectivity index (χ1v) is 3.83. The molecule has 0 unspecified atom stereocenters. The molecule has 0 fully saturated rings. The lowest BCUT2D eigenvalue weighted by atomic mass is 10.3. The number of hydrogen-bond donors (Lipinski definition) is 1. The van der Waals surface area contributed by atoms with E-state index in [0.717, 1.165) is 6.92 Å². The number of esters is 1. The van der Waals surface area contributed by atoms with Crippen molar-refractivity contribution < 1.29 is 27.5 Å². The van der Waals surface area contributed by atoms with E-state index in [1.54, 1.807) is 0 Å². The van der Waals surface area contributed by atoms with Crippen LogP contribution in [0, 0.1) is 0 Å². The van der Waals surface area contributed by atoms with Crippen molar-refractivity contribution in [2.24, 2.45) is 0 Å². The van der Waals surface area contributed by atoms with E-state index in [2.05, 4.69) is 4.74 Å². The fourth-order valence-electron chi connectivity index (χ4n) is 0.534. The average molecular weight is 213 g/mol. The molecule has 82 valence electrons. The van der Waals surface area contributed by atoms with Crippen LogP contribution in [0.2, 0.25) is 0 Å². The summed E-state index contributed by atoms with van der Waals surface area (Å²) in [4.78, 5) is 21.3. The fourth-order valence-corrected chi connectivity index (χ4v) is 0.534. The quantitative estimate of drug-likeness (QED) is 0.540. The minimum atomic E-state index is -4.57. The minimum absolute atomic E-state index is 0.0628. The fraction of sp³-hybridized carbons (Fsp3) is 0.714. The van der Waals surface area contributed by atoms with Crippen molar-refractivity contribution in [3.05, 3.63) is 0 Å². The Labute approximate surface area is 78.4 Å². The normalized spacial score (nSPS) is 13.2. The molecule has 1 amide bonds. The van der Waals surface area contributed by atoms with Crippen LogP contribution in [0.25, 0.3) is 0 Å². The van der Waals surface area contributed by atoms with Gasteiger partial charge in [0.25, 0.3) is 0 Å². The summed E-state index contributed by atoms with van der Waals surface area (Å²) >= 11 is 0. The van der Waals surface area contributed by atoms with Crippen LogP contribution in [-0.4, -0.2) is 30.7 Å². The van der Waals surface area contributed by atoms with Crippen molar-refractivity contribution in [3.8, 4) is 0 Å². The number of halogens is 3. The monoisotopic (exact) mass is 213 g/mol. The first-order valence-electron chi connectivity index (χ1n) is 3.83. The average Bonchev–Trinajstić information content (AvgIpc) is 2.02. The molecular weight excluding hydrogens is 203 g/mol. The SMILES string of the molecule is CCOC(=O)C(=O)N[C@@H](C)C(F)(F)F. The molecule has 0 aromatic carbocycles. The van der Waals surface area contributed by atoms with Gasteiger partial charge in [0.15, 0.2) is 0 Å². The number of ether oxygens (including phenoxy) is 1. The summed E-state index contributed by atoms with van der Waals surface area (Å²) in [7, 11) is 0. The summed E-state index contributed by atoms with van der Waals surface area (Å²) in [6.45, 7) is 2.11. The van der Waals surface area contributed by atoms with Gasteiger partial charge in [0.05, 0.1) is 6.61 Å². The molecule has 1 atom stereocenters. The summed E-state index contributed by atoms with van der Waals surface area (Å²) in [6.07, 6.45) is -4.57. The molecular formula is C7H10F3NO3. The van der Waals surface area contributed by atoms with Crippen LogP contribution in [0.15, 0.2) is 0 Å². The van der Waals surface area contributed by atoms with Crippen LogP contribution in [0.3, 0.4) is 0 Å². The van der Waals surface area contributed by atoms with E-state index in [9.17, 15) is 22.8 Å². The van der Waals surface area contributed by atoms with Crippen LogP contribution >= 0.6 is 0 Å². The van der Waals surface area contributed by atoms with Crippen LogP contribution in [-0.2, 0) is 14.3 Å². The Kier molecular flexibility index (Phi) is 4.39. The van der Waals surface area contributed by atoms with E-state index in [-0.39, 0.29) is 6.61 Å². The number of rotatable bonds is 2. The summed E-state index contributed by atoms with van der Waals surface area (Å²) in [5.74, 6) is -2.71. The van der Waals surface area contributed by atoms with Gasteiger partial charge in [0.1, 0.15) is 6.04 Å². The Hall–Kier alpha value is -1.27. The third-order valence-electron chi connectivity index (χ3n) is 1.30. The van der Waals surface area contributed by atoms with Crippen LogP contribution in [0.4, 0.5) is 13.2 Å². The molecule has 0 aliphatic carbocycles. The molecule has 0 aliphatic heterocycles. The second-order valence-corrected chi connectivity index (χ2v) is 2.46. The van der Waals surface area contributed by atoms with Gasteiger partial charge in [-0.25, -0.2) is 4.79 Å². The molecule has 7 heteroatoms. The Morgan fingerprint density at radius 3 is 2.29 bits per heavy atom. The molecule has 0 heterocycles. The zero-order valence-corrected chi connectivity index (χ0v) is 7.64. The Bertz CT molecular complexity index is 227. The van der Waals surface area contributed by atoms with E-state index < -0.39 is 24.1 Å². The second-order valence-electron chi connectivity index (χ2n) is 2.46. The van der Waals surface area contributed by atoms with Crippen molar-refractivity contribution >= 4 is 11.9 Å². The number of amides is 1. The lowest BCUT2D eigenvalue weighted by Crippen LogP contribution is -2.46. The zero-order chi connectivity index (χ0) is 11.4. The van der Waals surface area contributed by atoms with Gasteiger partial charge in [0, 0.05) is 0 Å². The van der Waals surface area contributed by atoms with E-state index in [4.69, 9.17) is 0 Å². The summed E-state index contributed by atoms with van der Waals surface area (Å²) in [5.41, 5.74) is 0. The third kappa shape index (κ3) is 4.11. The highest BCUT2D eigenvalue weighted by atomic mass is 19.4. The first-order chi connectivity index (χ1) is 6.29. The third-order valence-corrected chi connectivity index (χ3v) is 1.30. The van der Waals surface area contributed by atoms with Crippen molar-refractivity contribution in [2.45, 2.75) is 26.1 Å². The van der Waals surface area contributed by atoms with Gasteiger partial charge >= 0.3 is 18.1 Å². The van der Waals surface area contributed by atoms with E-state index >= 15 is 0 Å². The molecule has 0 saturated carbocycles. The molecule has 0 rings (SSSR count). The van der Waals surface area contributed by atoms with Crippen molar-refractivity contribution in [1.82, 2.24) is 5.32 Å². The smallest absolute Gasteiger partial charge is 0.408 e. The van der Waals surface area contributed by atoms with Gasteiger partial charge in [0.2, 0.25) is 0 Å². The maximum absolute atomic E-state index is 11.9. The molecule has 0 spiro atoms. The number of carbonyl (C=O) groups excluding carboxylic acids is 2. The van der Waals surface area contributed by atoms with Gasteiger partial charge in [-0.1, -0.05) is 0 Å². The molecule has 0 aromatic rings. The highest BCUT2D eigenvalue weighted by Crippen LogP contribution is 2.19. The van der Waals surface area contributed by atoms with Gasteiger partial charge in [-0.2, -0.15) is 13.2 Å². The molecule has 14 heavy (non-hydrogen) atoms. The molecule has 0 saturated heterocycles. The number of hydrogen-bond acceptors (Lipinski definition) is 3. The van der Waals surface area contributed by atoms with Crippen molar-refractivity contribution in [1.29, 1.82) is 0 Å². The van der Waals surface area contributed by atoms with Gasteiger partial charge < -0.3 is 10.1 Å². The maximum Gasteiger partial charge on any atom is 0.408 e. The highest BCUT2D eigenvalue weighted by molar-refractivity contribution is 6.32. The number of nitrogens with one attached hydrogen (secondary N) is 1. The standard InChI is InChI=1S/C7H10F3NO3/c1-3-14-6(13)5(12)11-4(2)7(8,9)10/h4H,3H2,1-2H3,(H,11,12)/t4-/m0/s1. The first kappa shape index (κ1) is 12.7. The van der Waals surface area contributed by atoms with Crippen molar-refractivity contribution in [2.75, 3.05) is 6.61 Å². The Balaban J connectivity index is 4.13. The zero-order valence-electron chi connectivity index (χ0n) is 7.64. The Morgan fingerprint density at radius 2 is 1.93 bits per heavy atom. The van der Waals surface area contributed by atoms with Gasteiger partial charge in [-0.05, 0) is 13.8 Å². The highest BCUT2D eigenvalue weighted by Gasteiger charge is 2.38. The molecule has 0 bridgehead atoms. The van der Waals surface area contributed by atoms with Crippen LogP contribution in [0.1, 0.15) is 13.8 Å². The maximum atomic E-state index is 11.9. The van der Waals surface area contributed by atoms with Crippen LogP contribution < -0.4 is 5.32 Å². The van der Waals surface area contributed by atoms with E-state index in [1.807, 2.05) is 0 Å². The summed E-state index contributed by atoms with van der Waals surface area (Å²) < 4.78 is 39.9. The van der Waals surface area contributed by atoms with Crippen molar-refractivity contribution in [3.63, 3.8) is 0 Å². The van der Waals surface area contributed by atoms with Gasteiger partial charge in [-0.3, -0.25) is 4.79 Å². The molecule has 4 nitrogen and oxygen atoms in total. The van der Waals surface area contributed by atoms with Crippen LogP contribution in [0.5, 0.6) is 0 Å².